The smallest absolute Gasteiger partial charge is 0.244 e. The summed E-state index contributed by atoms with van der Waals surface area (Å²) in [4.78, 5) is 23.1. The van der Waals surface area contributed by atoms with Crippen LogP contribution in [0.25, 0.3) is 11.8 Å². The van der Waals surface area contributed by atoms with E-state index in [2.05, 4.69) is 15.2 Å². The molecule has 0 bridgehead atoms. The summed E-state index contributed by atoms with van der Waals surface area (Å²) in [6, 6.07) is 12.1. The Kier molecular flexibility index (Phi) is 5.95. The number of para-hydroxylation sites is 1. The normalized spacial score (nSPS) is 10.8. The first-order valence-corrected chi connectivity index (χ1v) is 8.00. The number of likely N-dealkylation sites (N-methyl/N-ethyl adjacent to an activating group) is 1. The van der Waals surface area contributed by atoms with Gasteiger partial charge in [-0.05, 0) is 50.6 Å². The Labute approximate surface area is 142 Å². The highest BCUT2D eigenvalue weighted by molar-refractivity contribution is 5.94. The van der Waals surface area contributed by atoms with Crippen LogP contribution in [0.15, 0.2) is 42.5 Å². The van der Waals surface area contributed by atoms with Crippen LogP contribution in [0.1, 0.15) is 23.9 Å². The van der Waals surface area contributed by atoms with Crippen molar-refractivity contribution in [3.05, 3.63) is 59.4 Å². The maximum atomic E-state index is 11.8. The Morgan fingerprint density at radius 1 is 1.12 bits per heavy atom. The predicted octanol–water partition coefficient (Wildman–Crippen LogP) is 2.36. The summed E-state index contributed by atoms with van der Waals surface area (Å²) in [6.07, 6.45) is 3.23. The summed E-state index contributed by atoms with van der Waals surface area (Å²) in [5, 5.41) is 5.20. The topological polar surface area (TPSA) is 63.1 Å². The third kappa shape index (κ3) is 4.35. The molecule has 0 saturated carbocycles. The molecule has 2 amide bonds. The van der Waals surface area contributed by atoms with Gasteiger partial charge in [-0.3, -0.25) is 9.59 Å². The van der Waals surface area contributed by atoms with Crippen molar-refractivity contribution in [2.45, 2.75) is 20.8 Å². The molecule has 5 heteroatoms. The lowest BCUT2D eigenvalue weighted by molar-refractivity contribution is -0.123. The standard InChI is InChI=1S/C19H23N3O2/c1-4-20-19(24)13-21-18(23)11-10-16-12-14(2)22(15(16)3)17-8-6-5-7-9-17/h5-12H,4,13H2,1-3H3,(H,20,24)(H,21,23)/b11-10+. The highest BCUT2D eigenvalue weighted by atomic mass is 16.2. The van der Waals surface area contributed by atoms with Crippen LogP contribution in [0, 0.1) is 13.8 Å². The van der Waals surface area contributed by atoms with Crippen LogP contribution in [-0.4, -0.2) is 29.5 Å². The molecule has 2 rings (SSSR count). The highest BCUT2D eigenvalue weighted by Crippen LogP contribution is 2.21. The van der Waals surface area contributed by atoms with Gasteiger partial charge in [-0.15, -0.1) is 0 Å². The molecular formula is C19H23N3O2. The van der Waals surface area contributed by atoms with Gasteiger partial charge in [0.25, 0.3) is 0 Å². The lowest BCUT2D eigenvalue weighted by atomic mass is 10.2. The maximum Gasteiger partial charge on any atom is 0.244 e. The van der Waals surface area contributed by atoms with E-state index >= 15 is 0 Å². The third-order valence-electron chi connectivity index (χ3n) is 3.70. The zero-order valence-corrected chi connectivity index (χ0v) is 14.3. The highest BCUT2D eigenvalue weighted by Gasteiger charge is 2.09. The van der Waals surface area contributed by atoms with Crippen LogP contribution in [0.2, 0.25) is 0 Å². The Hall–Kier alpha value is -2.82. The summed E-state index contributed by atoms with van der Waals surface area (Å²) in [7, 11) is 0. The average Bonchev–Trinajstić information content (AvgIpc) is 2.86. The quantitative estimate of drug-likeness (QED) is 0.801. The lowest BCUT2D eigenvalue weighted by Gasteiger charge is -2.09. The summed E-state index contributed by atoms with van der Waals surface area (Å²) >= 11 is 0. The van der Waals surface area contributed by atoms with Crippen molar-refractivity contribution in [3.63, 3.8) is 0 Å². The molecule has 1 heterocycles. The second-order valence-corrected chi connectivity index (χ2v) is 5.50. The average molecular weight is 325 g/mol. The fourth-order valence-corrected chi connectivity index (χ4v) is 2.58. The van der Waals surface area contributed by atoms with Crippen molar-refractivity contribution < 1.29 is 9.59 Å². The molecule has 1 aromatic carbocycles. The van der Waals surface area contributed by atoms with Gasteiger partial charge in [0.2, 0.25) is 11.8 Å². The summed E-state index contributed by atoms with van der Waals surface area (Å²) in [5.41, 5.74) is 4.23. The molecule has 0 atom stereocenters. The van der Waals surface area contributed by atoms with Crippen LogP contribution in [0.3, 0.4) is 0 Å². The largest absolute Gasteiger partial charge is 0.355 e. The molecule has 0 spiro atoms. The van der Waals surface area contributed by atoms with Crippen LogP contribution in [0.4, 0.5) is 0 Å². The molecular weight excluding hydrogens is 302 g/mol. The van der Waals surface area contributed by atoms with Gasteiger partial charge >= 0.3 is 0 Å². The van der Waals surface area contributed by atoms with Gasteiger partial charge in [-0.2, -0.15) is 0 Å². The molecule has 0 aliphatic carbocycles. The Bertz CT molecular complexity index is 745. The van der Waals surface area contributed by atoms with Crippen LogP contribution in [0.5, 0.6) is 0 Å². The minimum absolute atomic E-state index is 0.0138. The number of aromatic nitrogens is 1. The van der Waals surface area contributed by atoms with E-state index in [1.54, 1.807) is 6.08 Å². The first kappa shape index (κ1) is 17.5. The molecule has 24 heavy (non-hydrogen) atoms. The molecule has 0 aliphatic rings. The van der Waals surface area contributed by atoms with Gasteiger partial charge in [0.05, 0.1) is 6.54 Å². The van der Waals surface area contributed by atoms with Gasteiger partial charge in [0, 0.05) is 29.7 Å². The van der Waals surface area contributed by atoms with E-state index in [9.17, 15) is 9.59 Å². The lowest BCUT2D eigenvalue weighted by Crippen LogP contribution is -2.35. The number of aryl methyl sites for hydroxylation is 1. The molecule has 1 aromatic heterocycles. The number of rotatable bonds is 6. The van der Waals surface area contributed by atoms with Crippen molar-refractivity contribution >= 4 is 17.9 Å². The molecule has 0 aliphatic heterocycles. The van der Waals surface area contributed by atoms with E-state index in [-0.39, 0.29) is 18.4 Å². The monoisotopic (exact) mass is 325 g/mol. The number of amides is 2. The molecule has 0 unspecified atom stereocenters. The molecule has 0 fully saturated rings. The second-order valence-electron chi connectivity index (χ2n) is 5.50. The van der Waals surface area contributed by atoms with E-state index in [1.165, 1.54) is 6.08 Å². The number of carbonyl (C=O) groups is 2. The van der Waals surface area contributed by atoms with Gasteiger partial charge in [0.15, 0.2) is 0 Å². The maximum absolute atomic E-state index is 11.8. The Morgan fingerprint density at radius 2 is 1.83 bits per heavy atom. The van der Waals surface area contributed by atoms with E-state index in [0.717, 1.165) is 22.6 Å². The van der Waals surface area contributed by atoms with Crippen molar-refractivity contribution in [1.29, 1.82) is 0 Å². The molecule has 126 valence electrons. The number of nitrogens with zero attached hydrogens (tertiary/aromatic N) is 1. The second kappa shape index (κ2) is 8.15. The molecule has 0 radical (unpaired) electrons. The summed E-state index contributed by atoms with van der Waals surface area (Å²) in [5.74, 6) is -0.479. The zero-order valence-electron chi connectivity index (χ0n) is 14.3. The van der Waals surface area contributed by atoms with Crippen molar-refractivity contribution in [1.82, 2.24) is 15.2 Å². The van der Waals surface area contributed by atoms with E-state index < -0.39 is 0 Å². The molecule has 2 N–H and O–H groups in total. The first-order chi connectivity index (χ1) is 11.5. The third-order valence-corrected chi connectivity index (χ3v) is 3.70. The van der Waals surface area contributed by atoms with Gasteiger partial charge in [-0.25, -0.2) is 0 Å². The first-order valence-electron chi connectivity index (χ1n) is 8.00. The Morgan fingerprint density at radius 3 is 2.50 bits per heavy atom. The van der Waals surface area contributed by atoms with Gasteiger partial charge in [0.1, 0.15) is 0 Å². The fraction of sp³-hybridized carbons (Fsp3) is 0.263. The van der Waals surface area contributed by atoms with Gasteiger partial charge < -0.3 is 15.2 Å². The zero-order chi connectivity index (χ0) is 17.5. The number of carbonyl (C=O) groups excluding carboxylic acids is 2. The minimum atomic E-state index is -0.286. The van der Waals surface area contributed by atoms with E-state index in [4.69, 9.17) is 0 Å². The fourth-order valence-electron chi connectivity index (χ4n) is 2.58. The van der Waals surface area contributed by atoms with Crippen molar-refractivity contribution in [2.24, 2.45) is 0 Å². The number of hydrogen-bond acceptors (Lipinski definition) is 2. The number of nitrogens with one attached hydrogen (secondary N) is 2. The molecule has 2 aromatic rings. The van der Waals surface area contributed by atoms with E-state index in [1.807, 2.05) is 57.2 Å². The molecule has 5 nitrogen and oxygen atoms in total. The predicted molar refractivity (Wildman–Crippen MR) is 96.0 cm³/mol. The summed E-state index contributed by atoms with van der Waals surface area (Å²) < 4.78 is 2.15. The molecule has 0 saturated heterocycles. The van der Waals surface area contributed by atoms with Crippen LogP contribution >= 0.6 is 0 Å². The number of hydrogen-bond donors (Lipinski definition) is 2. The Balaban J connectivity index is 2.08. The number of benzene rings is 1. The van der Waals surface area contributed by atoms with Crippen molar-refractivity contribution in [2.75, 3.05) is 13.1 Å². The van der Waals surface area contributed by atoms with Crippen LogP contribution in [-0.2, 0) is 9.59 Å². The minimum Gasteiger partial charge on any atom is -0.355 e. The van der Waals surface area contributed by atoms with Gasteiger partial charge in [-0.1, -0.05) is 18.2 Å². The van der Waals surface area contributed by atoms with E-state index in [0.29, 0.717) is 6.54 Å². The summed E-state index contributed by atoms with van der Waals surface area (Å²) in [6.45, 7) is 6.43. The van der Waals surface area contributed by atoms with Crippen molar-refractivity contribution in [3.8, 4) is 5.69 Å². The van der Waals surface area contributed by atoms with Crippen LogP contribution < -0.4 is 10.6 Å². The SMILES string of the molecule is CCNC(=O)CNC(=O)/C=C/c1cc(C)n(-c2ccccc2)c1C.